The average Bonchev–Trinajstić information content (AvgIpc) is 3.02. The minimum absolute atomic E-state index is 0.106. The lowest BCUT2D eigenvalue weighted by Gasteiger charge is -2.59. The van der Waals surface area contributed by atoms with Crippen LogP contribution in [0.1, 0.15) is 99.8 Å². The van der Waals surface area contributed by atoms with Crippen molar-refractivity contribution in [2.24, 2.45) is 39.4 Å². The summed E-state index contributed by atoms with van der Waals surface area (Å²) in [5.74, 6) is 1.25. The van der Waals surface area contributed by atoms with Crippen LogP contribution in [-0.4, -0.2) is 16.9 Å². The molecule has 2 saturated carbocycles. The van der Waals surface area contributed by atoms with Gasteiger partial charge in [-0.15, -0.1) is 0 Å². The standard InChI is InChI=1S/C30H44O3/c1-19(9-8-10-20(2)26(32)33)21-13-17-30(7)23-11-12-24-27(3,4)25(31)15-16-28(24,5)22(23)14-18-29(21,30)6/h10-11,14,19,21,24H,8-9,12-13,15-18H2,1-7H3,(H,32,33)/b20-10+/t19-,21-,24+,28-,29-,30+/m1/s1. The lowest BCUT2D eigenvalue weighted by molar-refractivity contribution is -0.138. The molecule has 0 spiro atoms. The number of hydrogen-bond acceptors (Lipinski definition) is 2. The molecule has 0 bridgehead atoms. The first kappa shape index (κ1) is 24.5. The van der Waals surface area contributed by atoms with E-state index in [4.69, 9.17) is 5.11 Å². The third-order valence-electron chi connectivity index (χ3n) is 11.1. The van der Waals surface area contributed by atoms with Crippen molar-refractivity contribution in [2.75, 3.05) is 0 Å². The number of fused-ring (bicyclic) bond motifs is 5. The summed E-state index contributed by atoms with van der Waals surface area (Å²) in [6, 6.07) is 0. The number of hydrogen-bond donors (Lipinski definition) is 1. The molecular formula is C30H44O3. The van der Waals surface area contributed by atoms with Gasteiger partial charge in [0.2, 0.25) is 0 Å². The van der Waals surface area contributed by atoms with Gasteiger partial charge in [0.25, 0.3) is 0 Å². The first-order chi connectivity index (χ1) is 15.3. The fourth-order valence-electron chi connectivity index (χ4n) is 8.61. The highest BCUT2D eigenvalue weighted by molar-refractivity contribution is 5.86. The first-order valence-corrected chi connectivity index (χ1v) is 13.1. The van der Waals surface area contributed by atoms with Crippen molar-refractivity contribution in [1.29, 1.82) is 0 Å². The zero-order valence-electron chi connectivity index (χ0n) is 21.9. The second kappa shape index (κ2) is 7.95. The molecule has 3 heteroatoms. The van der Waals surface area contributed by atoms with E-state index in [2.05, 4.69) is 53.7 Å². The van der Waals surface area contributed by atoms with Crippen molar-refractivity contribution in [2.45, 2.75) is 99.8 Å². The molecular weight excluding hydrogens is 408 g/mol. The Balaban J connectivity index is 1.62. The van der Waals surface area contributed by atoms with Gasteiger partial charge >= 0.3 is 5.97 Å². The van der Waals surface area contributed by atoms with Crippen molar-refractivity contribution in [3.63, 3.8) is 0 Å². The Morgan fingerprint density at radius 2 is 1.85 bits per heavy atom. The van der Waals surface area contributed by atoms with Crippen molar-refractivity contribution in [3.05, 3.63) is 34.9 Å². The van der Waals surface area contributed by atoms with Crippen molar-refractivity contribution >= 4 is 11.8 Å². The molecule has 0 unspecified atom stereocenters. The molecule has 4 rings (SSSR count). The van der Waals surface area contributed by atoms with Crippen LogP contribution in [0.25, 0.3) is 0 Å². The SMILES string of the molecule is C/C(=C\CC[C@@H](C)[C@H]1CC[C@@]2(C)C3=CC[C@H]4C(C)(C)C(=O)CC[C@]4(C)C3=CC[C@]12C)C(=O)O. The number of rotatable bonds is 5. The molecule has 4 aliphatic carbocycles. The molecule has 0 radical (unpaired) electrons. The third-order valence-corrected chi connectivity index (χ3v) is 11.1. The van der Waals surface area contributed by atoms with Crippen LogP contribution in [0.4, 0.5) is 0 Å². The number of ketones is 1. The fourth-order valence-corrected chi connectivity index (χ4v) is 8.61. The Bertz CT molecular complexity index is 950. The van der Waals surface area contributed by atoms with Gasteiger partial charge in [0, 0.05) is 17.4 Å². The smallest absolute Gasteiger partial charge is 0.330 e. The van der Waals surface area contributed by atoms with E-state index < -0.39 is 5.97 Å². The molecule has 182 valence electrons. The highest BCUT2D eigenvalue weighted by Crippen LogP contribution is 2.71. The van der Waals surface area contributed by atoms with E-state index in [1.165, 1.54) is 12.8 Å². The summed E-state index contributed by atoms with van der Waals surface area (Å²) in [5, 5.41) is 9.15. The summed E-state index contributed by atoms with van der Waals surface area (Å²) in [5.41, 5.74) is 3.89. The summed E-state index contributed by atoms with van der Waals surface area (Å²) in [6.07, 6.45) is 15.2. The van der Waals surface area contributed by atoms with Crippen molar-refractivity contribution in [3.8, 4) is 0 Å². The normalized spacial score (nSPS) is 40.8. The number of Topliss-reactive ketones (excluding diaryl/α,β-unsaturated/α-hetero) is 1. The lowest BCUT2D eigenvalue weighted by Crippen LogP contribution is -2.53. The van der Waals surface area contributed by atoms with Crippen LogP contribution in [0.2, 0.25) is 0 Å². The zero-order chi connectivity index (χ0) is 24.4. The Kier molecular flexibility index (Phi) is 5.90. The number of carbonyl (C=O) groups excluding carboxylic acids is 1. The highest BCUT2D eigenvalue weighted by atomic mass is 16.4. The number of carboxylic acid groups (broad SMARTS) is 1. The van der Waals surface area contributed by atoms with Crippen LogP contribution >= 0.6 is 0 Å². The second-order valence-corrected chi connectivity index (χ2v) is 12.9. The quantitative estimate of drug-likeness (QED) is 0.439. The van der Waals surface area contributed by atoms with E-state index in [1.54, 1.807) is 18.1 Å². The average molecular weight is 453 g/mol. The minimum atomic E-state index is -0.809. The number of allylic oxidation sites excluding steroid dienone is 5. The maximum atomic E-state index is 12.8. The molecule has 0 aromatic heterocycles. The van der Waals surface area contributed by atoms with Gasteiger partial charge in [0.05, 0.1) is 0 Å². The highest BCUT2D eigenvalue weighted by Gasteiger charge is 2.63. The molecule has 33 heavy (non-hydrogen) atoms. The fraction of sp³-hybridized carbons (Fsp3) is 0.733. The van der Waals surface area contributed by atoms with Crippen LogP contribution in [0.5, 0.6) is 0 Å². The maximum absolute atomic E-state index is 12.8. The molecule has 2 fully saturated rings. The van der Waals surface area contributed by atoms with Gasteiger partial charge in [-0.1, -0.05) is 59.8 Å². The largest absolute Gasteiger partial charge is 0.478 e. The lowest BCUT2D eigenvalue weighted by atomic mass is 9.44. The zero-order valence-corrected chi connectivity index (χ0v) is 21.9. The Labute approximate surface area is 200 Å². The summed E-state index contributed by atoms with van der Waals surface area (Å²) in [4.78, 5) is 23.9. The molecule has 3 nitrogen and oxygen atoms in total. The van der Waals surface area contributed by atoms with E-state index in [0.717, 1.165) is 32.1 Å². The van der Waals surface area contributed by atoms with Gasteiger partial charge in [-0.25, -0.2) is 4.79 Å². The van der Waals surface area contributed by atoms with Crippen molar-refractivity contribution in [1.82, 2.24) is 0 Å². The van der Waals surface area contributed by atoms with E-state index in [9.17, 15) is 9.59 Å². The van der Waals surface area contributed by atoms with E-state index in [1.807, 2.05) is 6.08 Å². The molecule has 0 aromatic carbocycles. The van der Waals surface area contributed by atoms with Gasteiger partial charge in [-0.2, -0.15) is 0 Å². The molecule has 6 atom stereocenters. The Hall–Kier alpha value is -1.64. The van der Waals surface area contributed by atoms with E-state index in [-0.39, 0.29) is 21.7 Å². The third kappa shape index (κ3) is 3.43. The number of carbonyl (C=O) groups is 2. The first-order valence-electron chi connectivity index (χ1n) is 13.1. The summed E-state index contributed by atoms with van der Waals surface area (Å²) in [6.45, 7) is 15.9. The van der Waals surface area contributed by atoms with Crippen LogP contribution in [0.15, 0.2) is 34.9 Å². The molecule has 0 aliphatic heterocycles. The molecule has 0 aromatic rings. The predicted octanol–water partition coefficient (Wildman–Crippen LogP) is 7.53. The molecule has 1 N–H and O–H groups in total. The molecule has 0 amide bonds. The van der Waals surface area contributed by atoms with E-state index >= 15 is 0 Å². The molecule has 0 heterocycles. The summed E-state index contributed by atoms with van der Waals surface area (Å²) in [7, 11) is 0. The topological polar surface area (TPSA) is 54.4 Å². The monoisotopic (exact) mass is 452 g/mol. The molecule has 0 saturated heterocycles. The van der Waals surface area contributed by atoms with Gasteiger partial charge in [0.1, 0.15) is 5.78 Å². The van der Waals surface area contributed by atoms with E-state index in [0.29, 0.717) is 35.5 Å². The Morgan fingerprint density at radius 3 is 2.52 bits per heavy atom. The van der Waals surface area contributed by atoms with Crippen LogP contribution in [-0.2, 0) is 9.59 Å². The Morgan fingerprint density at radius 1 is 1.15 bits per heavy atom. The van der Waals surface area contributed by atoms with Crippen molar-refractivity contribution < 1.29 is 14.7 Å². The van der Waals surface area contributed by atoms with Gasteiger partial charge < -0.3 is 5.11 Å². The maximum Gasteiger partial charge on any atom is 0.330 e. The number of carboxylic acids is 1. The summed E-state index contributed by atoms with van der Waals surface area (Å²) < 4.78 is 0. The number of aliphatic carboxylic acids is 1. The predicted molar refractivity (Wildman–Crippen MR) is 134 cm³/mol. The van der Waals surface area contributed by atoms with Crippen LogP contribution in [0, 0.1) is 39.4 Å². The second-order valence-electron chi connectivity index (χ2n) is 12.9. The van der Waals surface area contributed by atoms with Gasteiger partial charge in [-0.05, 0) is 97.0 Å². The van der Waals surface area contributed by atoms with Crippen LogP contribution < -0.4 is 0 Å². The molecule has 4 aliphatic rings. The summed E-state index contributed by atoms with van der Waals surface area (Å²) >= 11 is 0. The van der Waals surface area contributed by atoms with Crippen LogP contribution in [0.3, 0.4) is 0 Å². The minimum Gasteiger partial charge on any atom is -0.478 e. The van der Waals surface area contributed by atoms with Gasteiger partial charge in [-0.3, -0.25) is 4.79 Å². The van der Waals surface area contributed by atoms with Gasteiger partial charge in [0.15, 0.2) is 0 Å².